The predicted molar refractivity (Wildman–Crippen MR) is 127 cm³/mol. The minimum Gasteiger partial charge on any atom is -0.489 e. The van der Waals surface area contributed by atoms with Crippen LogP contribution in [-0.4, -0.2) is 60.5 Å². The van der Waals surface area contributed by atoms with E-state index in [9.17, 15) is 9.90 Å². The van der Waals surface area contributed by atoms with Crippen molar-refractivity contribution in [2.24, 2.45) is 17.5 Å². The molecule has 35 heavy (non-hydrogen) atoms. The van der Waals surface area contributed by atoms with Gasteiger partial charge in [0.1, 0.15) is 18.4 Å². The zero-order valence-corrected chi connectivity index (χ0v) is 20.3. The zero-order chi connectivity index (χ0) is 24.9. The van der Waals surface area contributed by atoms with Crippen molar-refractivity contribution in [2.75, 3.05) is 7.05 Å². The molecule has 12 heteroatoms. The van der Waals surface area contributed by atoms with Crippen LogP contribution in [0.1, 0.15) is 62.8 Å². The molecule has 5 N–H and O–H groups in total. The quantitative estimate of drug-likeness (QED) is 0.349. The number of pyridine rings is 1. The second-order valence-electron chi connectivity index (χ2n) is 9.32. The summed E-state index contributed by atoms with van der Waals surface area (Å²) in [6.45, 7) is 2.03. The van der Waals surface area contributed by atoms with Gasteiger partial charge in [-0.2, -0.15) is 4.80 Å². The maximum Gasteiger partial charge on any atom is 0.356 e. The fourth-order valence-corrected chi connectivity index (χ4v) is 4.65. The van der Waals surface area contributed by atoms with Crippen LogP contribution in [0.4, 0.5) is 0 Å². The lowest BCUT2D eigenvalue weighted by Gasteiger charge is -2.27. The summed E-state index contributed by atoms with van der Waals surface area (Å²) in [6, 6.07) is 3.82. The van der Waals surface area contributed by atoms with Crippen molar-refractivity contribution >= 4 is 11.7 Å². The van der Waals surface area contributed by atoms with Crippen molar-refractivity contribution in [1.29, 1.82) is 0 Å². The lowest BCUT2D eigenvalue weighted by molar-refractivity contribution is -0.143. The molecule has 2 heterocycles. The Balaban J connectivity index is 1.46. The van der Waals surface area contributed by atoms with Gasteiger partial charge in [-0.15, -0.1) is 0 Å². The van der Waals surface area contributed by atoms with E-state index in [0.29, 0.717) is 41.4 Å². The maximum atomic E-state index is 11.3. The number of carbonyl (C=O) groups is 1. The van der Waals surface area contributed by atoms with Gasteiger partial charge < -0.3 is 25.3 Å². The maximum absolute atomic E-state index is 11.3. The normalized spacial score (nSPS) is 21.5. The molecule has 2 aromatic rings. The highest BCUT2D eigenvalue weighted by atomic mass is 16.5. The molecule has 0 bridgehead atoms. The molecule has 4 rings (SSSR count). The molecule has 0 saturated heterocycles. The van der Waals surface area contributed by atoms with E-state index in [1.807, 2.05) is 13.0 Å². The zero-order valence-electron chi connectivity index (χ0n) is 20.3. The van der Waals surface area contributed by atoms with E-state index in [2.05, 4.69) is 20.4 Å². The van der Waals surface area contributed by atoms with Gasteiger partial charge in [0.2, 0.25) is 0 Å². The Hall–Kier alpha value is -3.41. The number of hydrogen-bond acceptors (Lipinski definition) is 10. The summed E-state index contributed by atoms with van der Waals surface area (Å²) in [7, 11) is 1.68. The fraction of sp³-hybridized carbons (Fsp3) is 0.609. The third kappa shape index (κ3) is 6.18. The highest BCUT2D eigenvalue weighted by Gasteiger charge is 2.28. The van der Waals surface area contributed by atoms with Gasteiger partial charge in [0.05, 0.1) is 34.8 Å². The number of allylic oxidation sites excluding steroid dienone is 1. The Kier molecular flexibility index (Phi) is 7.69. The van der Waals surface area contributed by atoms with Crippen molar-refractivity contribution in [3.8, 4) is 11.8 Å². The summed E-state index contributed by atoms with van der Waals surface area (Å²) in [5, 5.41) is 23.1. The van der Waals surface area contributed by atoms with Gasteiger partial charge in [-0.1, -0.05) is 10.2 Å². The van der Waals surface area contributed by atoms with Crippen LogP contribution in [0.3, 0.4) is 0 Å². The number of nitrogens with zero attached hydrogens (tertiary/aromatic N) is 6. The Morgan fingerprint density at radius 3 is 2.60 bits per heavy atom. The molecular formula is C23H34N8O4. The molecule has 0 spiro atoms. The number of aryl methyl sites for hydroxylation is 1. The largest absolute Gasteiger partial charge is 0.489 e. The summed E-state index contributed by atoms with van der Waals surface area (Å²) in [5.41, 5.74) is 8.59. The summed E-state index contributed by atoms with van der Waals surface area (Å²) in [4.78, 5) is 17.4. The van der Waals surface area contributed by atoms with Crippen molar-refractivity contribution in [1.82, 2.24) is 30.2 Å². The first kappa shape index (κ1) is 24.7. The van der Waals surface area contributed by atoms with Crippen molar-refractivity contribution in [3.63, 3.8) is 0 Å². The Bertz CT molecular complexity index is 1060. The average Bonchev–Trinajstić information content (AvgIpc) is 3.51. The van der Waals surface area contributed by atoms with E-state index in [1.165, 1.54) is 9.81 Å². The number of carboxylic acid groups (broad SMARTS) is 1. The standard InChI is InChI=1S/C23H34N8O4/c1-14-20(34-17-9-5-6-15(12-17)22(32)33)11-10-18(26-14)21(24)19(30(2)25)13-31-28-23(27-29-31)35-16-7-3-4-8-16/h10-11,15-17H,3-9,12-13,24-25H2,1-2H3,(H,32,33)/b21-19-. The monoisotopic (exact) mass is 486 g/mol. The molecular weight excluding hydrogens is 452 g/mol. The second kappa shape index (κ2) is 10.9. The molecule has 2 saturated carbocycles. The topological polar surface area (TPSA) is 168 Å². The minimum atomic E-state index is -0.765. The number of hydrogen-bond donors (Lipinski definition) is 3. The number of aromatic nitrogens is 5. The number of ether oxygens (including phenoxy) is 2. The molecule has 0 aliphatic heterocycles. The highest BCUT2D eigenvalue weighted by Crippen LogP contribution is 2.30. The number of carboxylic acids is 1. The van der Waals surface area contributed by atoms with Gasteiger partial charge >= 0.3 is 12.0 Å². The summed E-state index contributed by atoms with van der Waals surface area (Å²) in [6.07, 6.45) is 7.16. The minimum absolute atomic E-state index is 0.140. The van der Waals surface area contributed by atoms with Crippen LogP contribution in [0.25, 0.3) is 5.70 Å². The summed E-state index contributed by atoms with van der Waals surface area (Å²) >= 11 is 0. The molecule has 2 atom stereocenters. The van der Waals surface area contributed by atoms with Gasteiger partial charge in [-0.3, -0.25) is 4.79 Å². The van der Waals surface area contributed by atoms with Gasteiger partial charge in [-0.05, 0) is 75.6 Å². The van der Waals surface area contributed by atoms with E-state index in [-0.39, 0.29) is 30.7 Å². The third-order valence-electron chi connectivity index (χ3n) is 6.62. The summed E-state index contributed by atoms with van der Waals surface area (Å²) in [5.74, 6) is 5.55. The first-order valence-electron chi connectivity index (χ1n) is 12.1. The van der Waals surface area contributed by atoms with Crippen LogP contribution in [-0.2, 0) is 11.3 Å². The van der Waals surface area contributed by atoms with Crippen molar-refractivity contribution < 1.29 is 19.4 Å². The van der Waals surface area contributed by atoms with E-state index < -0.39 is 5.97 Å². The average molecular weight is 487 g/mol. The molecule has 12 nitrogen and oxygen atoms in total. The third-order valence-corrected chi connectivity index (χ3v) is 6.62. The molecule has 2 aliphatic carbocycles. The SMILES string of the molecule is Cc1nc(/C(N)=C(\Cn2nnc(OC3CCCC3)n2)N(C)N)ccc1OC1CCCC(C(=O)O)C1. The molecule has 0 aromatic carbocycles. The lowest BCUT2D eigenvalue weighted by atomic mass is 9.87. The van der Waals surface area contributed by atoms with E-state index in [0.717, 1.165) is 38.5 Å². The van der Waals surface area contributed by atoms with E-state index in [4.69, 9.17) is 21.1 Å². The number of likely N-dealkylation sites (N-methyl/N-ethyl adjacent to an activating group) is 1. The lowest BCUT2D eigenvalue weighted by Crippen LogP contribution is -2.31. The van der Waals surface area contributed by atoms with Crippen LogP contribution >= 0.6 is 0 Å². The van der Waals surface area contributed by atoms with E-state index >= 15 is 0 Å². The Morgan fingerprint density at radius 1 is 1.17 bits per heavy atom. The number of tetrazole rings is 1. The molecule has 2 aliphatic rings. The summed E-state index contributed by atoms with van der Waals surface area (Å²) < 4.78 is 11.9. The molecule has 2 aromatic heterocycles. The van der Waals surface area contributed by atoms with Gasteiger partial charge in [0.25, 0.3) is 0 Å². The van der Waals surface area contributed by atoms with Crippen LogP contribution in [0, 0.1) is 12.8 Å². The van der Waals surface area contributed by atoms with Crippen LogP contribution in [0.5, 0.6) is 11.8 Å². The van der Waals surface area contributed by atoms with Gasteiger partial charge in [0, 0.05) is 7.05 Å². The molecule has 2 fully saturated rings. The van der Waals surface area contributed by atoms with Crippen molar-refractivity contribution in [3.05, 3.63) is 29.2 Å². The number of hydrazine groups is 1. The smallest absolute Gasteiger partial charge is 0.356 e. The molecule has 0 amide bonds. The second-order valence-corrected chi connectivity index (χ2v) is 9.32. The Labute approximate surface area is 204 Å². The first-order valence-corrected chi connectivity index (χ1v) is 12.1. The van der Waals surface area contributed by atoms with Gasteiger partial charge in [0.15, 0.2) is 0 Å². The molecule has 2 unspecified atom stereocenters. The first-order chi connectivity index (χ1) is 16.8. The number of nitrogens with two attached hydrogens (primary N) is 2. The highest BCUT2D eigenvalue weighted by molar-refractivity contribution is 5.70. The molecule has 190 valence electrons. The number of aliphatic carboxylic acids is 1. The van der Waals surface area contributed by atoms with Crippen LogP contribution in [0.2, 0.25) is 0 Å². The van der Waals surface area contributed by atoms with Crippen LogP contribution < -0.4 is 21.1 Å². The van der Waals surface area contributed by atoms with Crippen LogP contribution in [0.15, 0.2) is 17.8 Å². The molecule has 0 radical (unpaired) electrons. The fourth-order valence-electron chi connectivity index (χ4n) is 4.65. The predicted octanol–water partition coefficient (Wildman–Crippen LogP) is 1.85. The van der Waals surface area contributed by atoms with Crippen molar-refractivity contribution in [2.45, 2.75) is 77.0 Å². The van der Waals surface area contributed by atoms with Gasteiger partial charge in [-0.25, -0.2) is 10.8 Å². The number of rotatable bonds is 9. The Morgan fingerprint density at radius 2 is 1.91 bits per heavy atom. The van der Waals surface area contributed by atoms with E-state index in [1.54, 1.807) is 13.1 Å².